The molecule has 1 aromatic rings. The van der Waals surface area contributed by atoms with Crippen molar-refractivity contribution in [1.82, 2.24) is 10.3 Å². The van der Waals surface area contributed by atoms with Gasteiger partial charge >= 0.3 is 0 Å². The maximum atomic E-state index is 10.9. The van der Waals surface area contributed by atoms with E-state index in [1.807, 2.05) is 19.1 Å². The number of carbonyl (C=O) groups excluding carboxylic acids is 1. The average Bonchev–Trinajstić information content (AvgIpc) is 2.15. The molecule has 0 saturated heterocycles. The minimum Gasteiger partial charge on any atom is -0.384 e. The Balaban J connectivity index is 2.94. The molecule has 0 aliphatic rings. The highest BCUT2D eigenvalue weighted by Crippen LogP contribution is 2.19. The molecule has 2 N–H and O–H groups in total. The van der Waals surface area contributed by atoms with Gasteiger partial charge in [0.15, 0.2) is 0 Å². The van der Waals surface area contributed by atoms with Gasteiger partial charge in [0.25, 0.3) is 0 Å². The highest BCUT2D eigenvalue weighted by atomic mass is 16.3. The van der Waals surface area contributed by atoms with E-state index in [1.54, 1.807) is 19.9 Å². The topological polar surface area (TPSA) is 62.2 Å². The molecule has 1 aromatic heterocycles. The van der Waals surface area contributed by atoms with Crippen LogP contribution in [-0.2, 0) is 10.4 Å². The number of aliphatic hydroxyl groups is 1. The van der Waals surface area contributed by atoms with E-state index in [0.29, 0.717) is 5.69 Å². The predicted octanol–water partition coefficient (Wildman–Crippen LogP) is 1.51. The summed E-state index contributed by atoms with van der Waals surface area (Å²) in [5.74, 6) is -0.0945. The molecule has 0 aliphatic carbocycles. The summed E-state index contributed by atoms with van der Waals surface area (Å²) in [6.45, 7) is 6.69. The third-order valence-corrected chi connectivity index (χ3v) is 2.26. The number of pyridine rings is 1. The van der Waals surface area contributed by atoms with E-state index in [0.717, 1.165) is 5.69 Å². The van der Waals surface area contributed by atoms with Crippen LogP contribution in [0.5, 0.6) is 0 Å². The molecule has 1 amide bonds. The lowest BCUT2D eigenvalue weighted by molar-refractivity contribution is -0.119. The van der Waals surface area contributed by atoms with Crippen LogP contribution in [0.1, 0.15) is 45.1 Å². The molecule has 1 unspecified atom stereocenters. The fourth-order valence-corrected chi connectivity index (χ4v) is 1.41. The number of nitrogens with one attached hydrogen (secondary N) is 1. The van der Waals surface area contributed by atoms with Gasteiger partial charge in [-0.15, -0.1) is 0 Å². The summed E-state index contributed by atoms with van der Waals surface area (Å²) in [5, 5.41) is 12.6. The van der Waals surface area contributed by atoms with Gasteiger partial charge in [0.05, 0.1) is 17.4 Å². The average molecular weight is 222 g/mol. The Bertz CT molecular complexity index is 383. The molecule has 1 heterocycles. The SMILES string of the molecule is CC(=O)NC(C)c1cccc(C(C)(C)O)n1. The minimum atomic E-state index is -0.966. The van der Waals surface area contributed by atoms with Crippen molar-refractivity contribution in [3.63, 3.8) is 0 Å². The van der Waals surface area contributed by atoms with E-state index < -0.39 is 5.60 Å². The fourth-order valence-electron chi connectivity index (χ4n) is 1.41. The molecule has 0 saturated carbocycles. The van der Waals surface area contributed by atoms with Crippen molar-refractivity contribution in [2.75, 3.05) is 0 Å². The zero-order valence-electron chi connectivity index (χ0n) is 10.1. The van der Waals surface area contributed by atoms with Crippen molar-refractivity contribution in [3.05, 3.63) is 29.6 Å². The first-order chi connectivity index (χ1) is 7.30. The van der Waals surface area contributed by atoms with Crippen molar-refractivity contribution in [1.29, 1.82) is 0 Å². The highest BCUT2D eigenvalue weighted by Gasteiger charge is 2.19. The largest absolute Gasteiger partial charge is 0.384 e. The molecule has 1 rings (SSSR count). The van der Waals surface area contributed by atoms with E-state index in [2.05, 4.69) is 10.3 Å². The van der Waals surface area contributed by atoms with E-state index in [1.165, 1.54) is 6.92 Å². The monoisotopic (exact) mass is 222 g/mol. The van der Waals surface area contributed by atoms with E-state index in [9.17, 15) is 9.90 Å². The van der Waals surface area contributed by atoms with Gasteiger partial charge in [0.1, 0.15) is 5.60 Å². The second-order valence-electron chi connectivity index (χ2n) is 4.43. The molecule has 16 heavy (non-hydrogen) atoms. The summed E-state index contributed by atoms with van der Waals surface area (Å²) in [6, 6.07) is 5.27. The summed E-state index contributed by atoms with van der Waals surface area (Å²) in [5.41, 5.74) is 0.378. The van der Waals surface area contributed by atoms with Crippen LogP contribution in [0.25, 0.3) is 0 Å². The number of nitrogens with zero attached hydrogens (tertiary/aromatic N) is 1. The van der Waals surface area contributed by atoms with Gasteiger partial charge < -0.3 is 10.4 Å². The normalized spacial score (nSPS) is 13.3. The lowest BCUT2D eigenvalue weighted by atomic mass is 10.0. The summed E-state index contributed by atoms with van der Waals surface area (Å²) in [7, 11) is 0. The van der Waals surface area contributed by atoms with Crippen molar-refractivity contribution >= 4 is 5.91 Å². The minimum absolute atomic E-state index is 0.0945. The van der Waals surface area contributed by atoms with Crippen LogP contribution in [0.3, 0.4) is 0 Å². The smallest absolute Gasteiger partial charge is 0.217 e. The lowest BCUT2D eigenvalue weighted by Gasteiger charge is -2.19. The first-order valence-corrected chi connectivity index (χ1v) is 5.27. The maximum Gasteiger partial charge on any atom is 0.217 e. The number of aromatic nitrogens is 1. The van der Waals surface area contributed by atoms with Crippen molar-refractivity contribution in [3.8, 4) is 0 Å². The van der Waals surface area contributed by atoms with Crippen molar-refractivity contribution in [2.45, 2.75) is 39.3 Å². The fraction of sp³-hybridized carbons (Fsp3) is 0.500. The van der Waals surface area contributed by atoms with Crippen LogP contribution in [-0.4, -0.2) is 16.0 Å². The Morgan fingerprint density at radius 2 is 2.12 bits per heavy atom. The van der Waals surface area contributed by atoms with Gasteiger partial charge in [0, 0.05) is 6.92 Å². The predicted molar refractivity (Wildman–Crippen MR) is 61.7 cm³/mol. The summed E-state index contributed by atoms with van der Waals surface area (Å²) in [4.78, 5) is 15.3. The highest BCUT2D eigenvalue weighted by molar-refractivity contribution is 5.73. The van der Waals surface area contributed by atoms with Crippen molar-refractivity contribution in [2.24, 2.45) is 0 Å². The van der Waals surface area contributed by atoms with Crippen LogP contribution in [0.15, 0.2) is 18.2 Å². The number of carbonyl (C=O) groups is 1. The van der Waals surface area contributed by atoms with Crippen LogP contribution >= 0.6 is 0 Å². The molecule has 0 aromatic carbocycles. The Morgan fingerprint density at radius 3 is 2.62 bits per heavy atom. The van der Waals surface area contributed by atoms with E-state index >= 15 is 0 Å². The standard InChI is InChI=1S/C12H18N2O2/c1-8(13-9(2)15)10-6-5-7-11(14-10)12(3,4)16/h5-8,16H,1-4H3,(H,13,15). The van der Waals surface area contributed by atoms with E-state index in [-0.39, 0.29) is 11.9 Å². The molecule has 0 fully saturated rings. The zero-order valence-corrected chi connectivity index (χ0v) is 10.1. The van der Waals surface area contributed by atoms with Gasteiger partial charge in [-0.05, 0) is 32.9 Å². The number of hydrogen-bond acceptors (Lipinski definition) is 3. The van der Waals surface area contributed by atoms with Gasteiger partial charge in [-0.25, -0.2) is 0 Å². The second kappa shape index (κ2) is 4.61. The molecule has 4 heteroatoms. The molecule has 0 radical (unpaired) electrons. The molecule has 0 bridgehead atoms. The summed E-state index contributed by atoms with van der Waals surface area (Å²) < 4.78 is 0. The van der Waals surface area contributed by atoms with Gasteiger partial charge in [-0.1, -0.05) is 6.07 Å². The van der Waals surface area contributed by atoms with Crippen LogP contribution in [0.4, 0.5) is 0 Å². The Hall–Kier alpha value is -1.42. The van der Waals surface area contributed by atoms with Crippen LogP contribution < -0.4 is 5.32 Å². The van der Waals surface area contributed by atoms with Gasteiger partial charge in [-0.3, -0.25) is 9.78 Å². The van der Waals surface area contributed by atoms with Crippen molar-refractivity contribution < 1.29 is 9.90 Å². The Morgan fingerprint density at radius 1 is 1.50 bits per heavy atom. The van der Waals surface area contributed by atoms with Gasteiger partial charge in [-0.2, -0.15) is 0 Å². The molecule has 1 atom stereocenters. The third kappa shape index (κ3) is 3.31. The first-order valence-electron chi connectivity index (χ1n) is 5.27. The molecular weight excluding hydrogens is 204 g/mol. The molecular formula is C12H18N2O2. The lowest BCUT2D eigenvalue weighted by Crippen LogP contribution is -2.26. The summed E-state index contributed by atoms with van der Waals surface area (Å²) >= 11 is 0. The Kier molecular flexibility index (Phi) is 3.65. The molecule has 88 valence electrons. The number of rotatable bonds is 3. The van der Waals surface area contributed by atoms with Gasteiger partial charge in [0.2, 0.25) is 5.91 Å². The maximum absolute atomic E-state index is 10.9. The first kappa shape index (κ1) is 12.6. The summed E-state index contributed by atoms with van der Waals surface area (Å²) in [6.07, 6.45) is 0. The molecule has 0 aliphatic heterocycles. The molecule has 0 spiro atoms. The zero-order chi connectivity index (χ0) is 12.3. The van der Waals surface area contributed by atoms with Crippen LogP contribution in [0, 0.1) is 0 Å². The Labute approximate surface area is 95.7 Å². The number of hydrogen-bond donors (Lipinski definition) is 2. The van der Waals surface area contributed by atoms with Crippen LogP contribution in [0.2, 0.25) is 0 Å². The molecule has 4 nitrogen and oxygen atoms in total. The number of amides is 1. The quantitative estimate of drug-likeness (QED) is 0.814. The van der Waals surface area contributed by atoms with E-state index in [4.69, 9.17) is 0 Å². The third-order valence-electron chi connectivity index (χ3n) is 2.26. The second-order valence-corrected chi connectivity index (χ2v) is 4.43.